The van der Waals surface area contributed by atoms with E-state index >= 15 is 0 Å². The molecule has 0 aliphatic carbocycles. The molecule has 8 nitrogen and oxygen atoms in total. The van der Waals surface area contributed by atoms with Gasteiger partial charge in [0, 0.05) is 5.56 Å². The van der Waals surface area contributed by atoms with Crippen molar-refractivity contribution in [2.24, 2.45) is 0 Å². The fraction of sp³-hybridized carbons (Fsp3) is 0.350. The van der Waals surface area contributed by atoms with Gasteiger partial charge in [-0.05, 0) is 51.2 Å². The maximum atomic E-state index is 11.7. The van der Waals surface area contributed by atoms with Gasteiger partial charge in [-0.25, -0.2) is 4.79 Å². The summed E-state index contributed by atoms with van der Waals surface area (Å²) in [5, 5.41) is 4.04. The zero-order valence-electron chi connectivity index (χ0n) is 16.4. The number of hydrogen-bond donors (Lipinski definition) is 0. The second-order valence-corrected chi connectivity index (χ2v) is 6.32. The van der Waals surface area contributed by atoms with Crippen molar-refractivity contribution in [3.8, 4) is 17.1 Å². The summed E-state index contributed by atoms with van der Waals surface area (Å²) >= 11 is 0. The van der Waals surface area contributed by atoms with Crippen molar-refractivity contribution in [3.63, 3.8) is 0 Å². The molecule has 0 saturated heterocycles. The molecule has 0 fully saturated rings. The summed E-state index contributed by atoms with van der Waals surface area (Å²) in [6, 6.07) is 9.22. The van der Waals surface area contributed by atoms with Gasteiger partial charge in [0.25, 0.3) is 0 Å². The van der Waals surface area contributed by atoms with E-state index in [1.165, 1.54) is 7.11 Å². The Morgan fingerprint density at radius 3 is 2.64 bits per heavy atom. The Kier molecular flexibility index (Phi) is 6.10. The molecule has 0 N–H and O–H groups in total. The first kappa shape index (κ1) is 19.6. The highest BCUT2D eigenvalue weighted by Gasteiger charge is 2.17. The molecule has 148 valence electrons. The predicted molar refractivity (Wildman–Crippen MR) is 101 cm³/mol. The van der Waals surface area contributed by atoms with Crippen molar-refractivity contribution in [1.29, 1.82) is 0 Å². The van der Waals surface area contributed by atoms with Crippen LogP contribution >= 0.6 is 0 Å². The third-order valence-corrected chi connectivity index (χ3v) is 4.10. The normalized spacial score (nSPS) is 11.0. The van der Waals surface area contributed by atoms with Gasteiger partial charge in [-0.1, -0.05) is 5.16 Å². The Labute approximate surface area is 163 Å². The maximum Gasteiger partial charge on any atom is 0.341 e. The molecule has 0 saturated carbocycles. The molecule has 8 heteroatoms. The van der Waals surface area contributed by atoms with E-state index in [2.05, 4.69) is 10.1 Å². The molecule has 0 amide bonds. The average molecular weight is 385 g/mol. The maximum absolute atomic E-state index is 11.7. The number of hydrogen-bond acceptors (Lipinski definition) is 8. The Morgan fingerprint density at radius 2 is 1.96 bits per heavy atom. The van der Waals surface area contributed by atoms with Gasteiger partial charge in [-0.2, -0.15) is 4.98 Å². The van der Waals surface area contributed by atoms with E-state index in [-0.39, 0.29) is 0 Å². The Hall–Kier alpha value is -3.13. The van der Waals surface area contributed by atoms with Crippen LogP contribution in [-0.4, -0.2) is 41.8 Å². The molecule has 0 aliphatic rings. The van der Waals surface area contributed by atoms with Crippen LogP contribution in [0.25, 0.3) is 11.4 Å². The summed E-state index contributed by atoms with van der Waals surface area (Å²) in [5.41, 5.74) is 1.28. The van der Waals surface area contributed by atoms with E-state index in [0.29, 0.717) is 48.5 Å². The lowest BCUT2D eigenvalue weighted by molar-refractivity contribution is 0.0599. The van der Waals surface area contributed by atoms with Crippen molar-refractivity contribution in [3.05, 3.63) is 53.3 Å². The quantitative estimate of drug-likeness (QED) is 0.545. The van der Waals surface area contributed by atoms with Crippen LogP contribution in [0.3, 0.4) is 0 Å². The van der Waals surface area contributed by atoms with Crippen LogP contribution in [0, 0.1) is 6.92 Å². The van der Waals surface area contributed by atoms with Crippen molar-refractivity contribution >= 4 is 5.97 Å². The number of carbonyl (C=O) groups is 1. The van der Waals surface area contributed by atoms with Crippen LogP contribution in [0.4, 0.5) is 0 Å². The largest absolute Gasteiger partial charge is 0.494 e. The molecule has 2 heterocycles. The summed E-state index contributed by atoms with van der Waals surface area (Å²) in [6.07, 6.45) is 0. The number of ether oxygens (including phenoxy) is 2. The number of esters is 1. The lowest BCUT2D eigenvalue weighted by Crippen LogP contribution is -2.17. The second kappa shape index (κ2) is 8.71. The smallest absolute Gasteiger partial charge is 0.341 e. The molecule has 0 atom stereocenters. The number of carbonyl (C=O) groups excluding carboxylic acids is 1. The van der Waals surface area contributed by atoms with Gasteiger partial charge in [-0.15, -0.1) is 0 Å². The summed E-state index contributed by atoms with van der Waals surface area (Å²) < 4.78 is 21.2. The summed E-state index contributed by atoms with van der Waals surface area (Å²) in [4.78, 5) is 18.1. The topological polar surface area (TPSA) is 90.8 Å². The van der Waals surface area contributed by atoms with E-state index in [0.717, 1.165) is 11.3 Å². The fourth-order valence-electron chi connectivity index (χ4n) is 2.79. The number of aryl methyl sites for hydroxylation is 1. The molecule has 28 heavy (non-hydrogen) atoms. The molecule has 0 radical (unpaired) electrons. The van der Waals surface area contributed by atoms with E-state index < -0.39 is 5.97 Å². The van der Waals surface area contributed by atoms with E-state index in [1.807, 2.05) is 43.1 Å². The average Bonchev–Trinajstić information content (AvgIpc) is 3.28. The number of methoxy groups -OCH3 is 1. The molecule has 0 aliphatic heterocycles. The van der Waals surface area contributed by atoms with E-state index in [4.69, 9.17) is 18.4 Å². The van der Waals surface area contributed by atoms with Crippen molar-refractivity contribution in [2.45, 2.75) is 26.9 Å². The lowest BCUT2D eigenvalue weighted by Gasteiger charge is -2.11. The molecule has 3 rings (SSSR count). The lowest BCUT2D eigenvalue weighted by atomic mass is 10.2. The van der Waals surface area contributed by atoms with Crippen molar-refractivity contribution in [1.82, 2.24) is 15.0 Å². The fourth-order valence-corrected chi connectivity index (χ4v) is 2.79. The molecule has 3 aromatic rings. The van der Waals surface area contributed by atoms with Gasteiger partial charge >= 0.3 is 5.97 Å². The molecule has 0 unspecified atom stereocenters. The third kappa shape index (κ3) is 4.58. The van der Waals surface area contributed by atoms with E-state index in [9.17, 15) is 4.79 Å². The van der Waals surface area contributed by atoms with Crippen LogP contribution in [-0.2, 0) is 17.8 Å². The third-order valence-electron chi connectivity index (χ3n) is 4.10. The standard InChI is InChI=1S/C20H23N3O5/c1-5-26-15-8-6-14(7-9-15)19-21-18(28-22-19)12-23(3)11-16-10-17(13(2)27-16)20(24)25-4/h6-10H,5,11-12H2,1-4H3. The Bertz CT molecular complexity index is 930. The SMILES string of the molecule is CCOc1ccc(-c2noc(CN(C)Cc3cc(C(=O)OC)c(C)o3)n2)cc1. The molecule has 0 spiro atoms. The number of nitrogens with zero attached hydrogens (tertiary/aromatic N) is 3. The Morgan fingerprint density at radius 1 is 1.21 bits per heavy atom. The zero-order valence-corrected chi connectivity index (χ0v) is 16.4. The number of furan rings is 1. The first-order chi connectivity index (χ1) is 13.5. The minimum absolute atomic E-state index is 0.410. The molecule has 1 aromatic carbocycles. The summed E-state index contributed by atoms with van der Waals surface area (Å²) in [7, 11) is 3.24. The molecular weight excluding hydrogens is 362 g/mol. The number of aromatic nitrogens is 2. The van der Waals surface area contributed by atoms with Crippen LogP contribution in [0.2, 0.25) is 0 Å². The van der Waals surface area contributed by atoms with Crippen molar-refractivity contribution in [2.75, 3.05) is 20.8 Å². The first-order valence-electron chi connectivity index (χ1n) is 8.92. The highest BCUT2D eigenvalue weighted by molar-refractivity contribution is 5.90. The predicted octanol–water partition coefficient (Wildman–Crippen LogP) is 3.46. The molecule has 2 aromatic heterocycles. The first-order valence-corrected chi connectivity index (χ1v) is 8.92. The van der Waals surface area contributed by atoms with Crippen LogP contribution < -0.4 is 4.74 Å². The van der Waals surface area contributed by atoms with Crippen LogP contribution in [0.15, 0.2) is 39.3 Å². The molecule has 0 bridgehead atoms. The van der Waals surface area contributed by atoms with Crippen LogP contribution in [0.5, 0.6) is 5.75 Å². The van der Waals surface area contributed by atoms with Gasteiger partial charge in [0.2, 0.25) is 11.7 Å². The zero-order chi connectivity index (χ0) is 20.1. The van der Waals surface area contributed by atoms with Gasteiger partial charge in [0.15, 0.2) is 0 Å². The van der Waals surface area contributed by atoms with E-state index in [1.54, 1.807) is 13.0 Å². The number of rotatable bonds is 8. The number of benzene rings is 1. The highest BCUT2D eigenvalue weighted by atomic mass is 16.5. The Balaban J connectivity index is 1.62. The minimum Gasteiger partial charge on any atom is -0.494 e. The molecular formula is C20H23N3O5. The van der Waals surface area contributed by atoms with Gasteiger partial charge in [0.05, 0.1) is 26.8 Å². The summed E-state index contributed by atoms with van der Waals surface area (Å²) in [6.45, 7) is 5.22. The van der Waals surface area contributed by atoms with Gasteiger partial charge < -0.3 is 18.4 Å². The van der Waals surface area contributed by atoms with Crippen molar-refractivity contribution < 1.29 is 23.2 Å². The highest BCUT2D eigenvalue weighted by Crippen LogP contribution is 2.21. The monoisotopic (exact) mass is 385 g/mol. The van der Waals surface area contributed by atoms with Crippen LogP contribution in [0.1, 0.15) is 34.7 Å². The summed E-state index contributed by atoms with van der Waals surface area (Å²) in [5.74, 6) is 2.59. The second-order valence-electron chi connectivity index (χ2n) is 6.32. The van der Waals surface area contributed by atoms with Gasteiger partial charge in [-0.3, -0.25) is 4.90 Å². The minimum atomic E-state index is -0.410. The van der Waals surface area contributed by atoms with Gasteiger partial charge in [0.1, 0.15) is 22.8 Å².